The van der Waals surface area contributed by atoms with Crippen LogP contribution in [0.15, 0.2) is 48.7 Å². The van der Waals surface area contributed by atoms with E-state index in [1.54, 1.807) is 7.11 Å². The van der Waals surface area contributed by atoms with Gasteiger partial charge in [-0.25, -0.2) is 4.98 Å². The summed E-state index contributed by atoms with van der Waals surface area (Å²) in [5.41, 5.74) is 1.95. The highest BCUT2D eigenvalue weighted by molar-refractivity contribution is 5.78. The molecule has 32 heavy (non-hydrogen) atoms. The van der Waals surface area contributed by atoms with E-state index in [1.165, 1.54) is 0 Å². The number of pyridine rings is 1. The maximum atomic E-state index is 12.7. The van der Waals surface area contributed by atoms with E-state index in [1.807, 2.05) is 53.6 Å². The molecule has 7 nitrogen and oxygen atoms in total. The molecule has 7 heteroatoms. The van der Waals surface area contributed by atoms with Gasteiger partial charge in [-0.05, 0) is 57.9 Å². The van der Waals surface area contributed by atoms with E-state index in [9.17, 15) is 4.79 Å². The van der Waals surface area contributed by atoms with Crippen molar-refractivity contribution < 1.29 is 14.3 Å². The molecule has 0 radical (unpaired) electrons. The van der Waals surface area contributed by atoms with Crippen LogP contribution in [-0.2, 0) is 4.79 Å². The smallest absolute Gasteiger partial charge is 0.260 e. The lowest BCUT2D eigenvalue weighted by Gasteiger charge is -2.32. The number of likely N-dealkylation sites (tertiary alicyclic amines) is 1. The molecular formula is C25H32N4O3. The number of carbonyl (C=O) groups is 1. The fourth-order valence-corrected chi connectivity index (χ4v) is 4.15. The number of anilines is 1. The van der Waals surface area contributed by atoms with E-state index < -0.39 is 0 Å². The average molecular weight is 437 g/mol. The van der Waals surface area contributed by atoms with Gasteiger partial charge in [0, 0.05) is 30.7 Å². The van der Waals surface area contributed by atoms with Crippen LogP contribution in [0, 0.1) is 0 Å². The number of carbonyl (C=O) groups excluding carboxylic acids is 1. The molecule has 3 aromatic rings. The maximum absolute atomic E-state index is 12.7. The second-order valence-corrected chi connectivity index (χ2v) is 9.24. The predicted molar refractivity (Wildman–Crippen MR) is 126 cm³/mol. The Morgan fingerprint density at radius 3 is 2.47 bits per heavy atom. The Morgan fingerprint density at radius 2 is 1.78 bits per heavy atom. The summed E-state index contributed by atoms with van der Waals surface area (Å²) in [5, 5.41) is 3.64. The first-order valence-electron chi connectivity index (χ1n) is 11.1. The SMILES string of the molecule is COc1ccccc1OCC(=O)N1CCC(c2nc3ccccn3c2NC(C)(C)C)CC1. The van der Waals surface area contributed by atoms with Crippen molar-refractivity contribution in [2.75, 3.05) is 32.1 Å². The van der Waals surface area contributed by atoms with Crippen LogP contribution in [0.3, 0.4) is 0 Å². The van der Waals surface area contributed by atoms with E-state index >= 15 is 0 Å². The largest absolute Gasteiger partial charge is 0.493 e. The second kappa shape index (κ2) is 9.10. The van der Waals surface area contributed by atoms with E-state index in [4.69, 9.17) is 14.5 Å². The Hall–Kier alpha value is -3.22. The van der Waals surface area contributed by atoms with Crippen molar-refractivity contribution in [3.8, 4) is 11.5 Å². The Balaban J connectivity index is 1.42. The van der Waals surface area contributed by atoms with Crippen LogP contribution < -0.4 is 14.8 Å². The van der Waals surface area contributed by atoms with Gasteiger partial charge < -0.3 is 19.7 Å². The number of fused-ring (bicyclic) bond motifs is 1. The molecule has 0 unspecified atom stereocenters. The third-order valence-corrected chi connectivity index (χ3v) is 5.70. The van der Waals surface area contributed by atoms with E-state index in [2.05, 4.69) is 30.5 Å². The molecule has 1 saturated heterocycles. The van der Waals surface area contributed by atoms with Crippen molar-refractivity contribution in [2.24, 2.45) is 0 Å². The standard InChI is InChI=1S/C25H32N4O3/c1-25(2,3)27-24-23(26-21-11-7-8-14-29(21)24)18-12-15-28(16-13-18)22(30)17-32-20-10-6-5-9-19(20)31-4/h5-11,14,18,27H,12-13,15-17H2,1-4H3. The number of nitrogens with one attached hydrogen (secondary N) is 1. The number of rotatable bonds is 6. The highest BCUT2D eigenvalue weighted by Gasteiger charge is 2.29. The molecule has 1 amide bonds. The zero-order valence-corrected chi connectivity index (χ0v) is 19.3. The van der Waals surface area contributed by atoms with Gasteiger partial charge >= 0.3 is 0 Å². The quantitative estimate of drug-likeness (QED) is 0.623. The molecule has 1 N–H and O–H groups in total. The first kappa shape index (κ1) is 22.0. The van der Waals surface area contributed by atoms with E-state index in [0.29, 0.717) is 30.5 Å². The highest BCUT2D eigenvalue weighted by atomic mass is 16.5. The van der Waals surface area contributed by atoms with Crippen molar-refractivity contribution in [2.45, 2.75) is 45.1 Å². The van der Waals surface area contributed by atoms with Crippen LogP contribution in [0.1, 0.15) is 45.2 Å². The van der Waals surface area contributed by atoms with Crippen molar-refractivity contribution in [1.29, 1.82) is 0 Å². The molecule has 1 aliphatic heterocycles. The van der Waals surface area contributed by atoms with Crippen molar-refractivity contribution in [3.63, 3.8) is 0 Å². The van der Waals surface area contributed by atoms with Crippen LogP contribution in [0.5, 0.6) is 11.5 Å². The van der Waals surface area contributed by atoms with Crippen LogP contribution in [0.2, 0.25) is 0 Å². The minimum Gasteiger partial charge on any atom is -0.493 e. The van der Waals surface area contributed by atoms with Gasteiger partial charge in [0.25, 0.3) is 5.91 Å². The van der Waals surface area contributed by atoms with Crippen LogP contribution in [0.4, 0.5) is 5.82 Å². The zero-order valence-electron chi connectivity index (χ0n) is 19.3. The van der Waals surface area contributed by atoms with Gasteiger partial charge in [0.1, 0.15) is 11.5 Å². The number of nitrogens with zero attached hydrogens (tertiary/aromatic N) is 3. The predicted octanol–water partition coefficient (Wildman–Crippen LogP) is 4.34. The summed E-state index contributed by atoms with van der Waals surface area (Å²) in [5.74, 6) is 2.57. The molecule has 3 heterocycles. The fourth-order valence-electron chi connectivity index (χ4n) is 4.15. The van der Waals surface area contributed by atoms with Gasteiger partial charge in [-0.1, -0.05) is 18.2 Å². The number of imidazole rings is 1. The van der Waals surface area contributed by atoms with Gasteiger partial charge in [0.15, 0.2) is 18.1 Å². The Kier molecular flexibility index (Phi) is 6.26. The Morgan fingerprint density at radius 1 is 1.09 bits per heavy atom. The number of para-hydroxylation sites is 2. The lowest BCUT2D eigenvalue weighted by molar-refractivity contribution is -0.134. The van der Waals surface area contributed by atoms with Crippen LogP contribution in [0.25, 0.3) is 5.65 Å². The first-order chi connectivity index (χ1) is 15.4. The summed E-state index contributed by atoms with van der Waals surface area (Å²) in [4.78, 5) is 19.6. The van der Waals surface area contributed by atoms with E-state index in [-0.39, 0.29) is 18.1 Å². The number of benzene rings is 1. The first-order valence-corrected chi connectivity index (χ1v) is 11.1. The second-order valence-electron chi connectivity index (χ2n) is 9.24. The molecule has 1 fully saturated rings. The molecule has 0 atom stereocenters. The molecule has 0 aliphatic carbocycles. The molecule has 1 aliphatic rings. The maximum Gasteiger partial charge on any atom is 0.260 e. The lowest BCUT2D eigenvalue weighted by atomic mass is 9.93. The van der Waals surface area contributed by atoms with Gasteiger partial charge in [-0.15, -0.1) is 0 Å². The summed E-state index contributed by atoms with van der Waals surface area (Å²) >= 11 is 0. The third-order valence-electron chi connectivity index (χ3n) is 5.70. The van der Waals surface area contributed by atoms with Crippen molar-refractivity contribution in [1.82, 2.24) is 14.3 Å². The summed E-state index contributed by atoms with van der Waals surface area (Å²) < 4.78 is 13.1. The topological polar surface area (TPSA) is 68.1 Å². The summed E-state index contributed by atoms with van der Waals surface area (Å²) in [6.45, 7) is 7.87. The Bertz CT molecular complexity index is 1080. The minimum absolute atomic E-state index is 0.00241. The molecule has 4 rings (SSSR count). The number of hydrogen-bond acceptors (Lipinski definition) is 5. The van der Waals surface area contributed by atoms with Gasteiger partial charge in [0.2, 0.25) is 0 Å². The molecule has 0 saturated carbocycles. The molecular weight excluding hydrogens is 404 g/mol. The number of methoxy groups -OCH3 is 1. The van der Waals surface area contributed by atoms with Crippen LogP contribution >= 0.6 is 0 Å². The number of aromatic nitrogens is 2. The third kappa shape index (κ3) is 4.82. The molecule has 0 spiro atoms. The summed E-state index contributed by atoms with van der Waals surface area (Å²) in [6.07, 6.45) is 3.81. The molecule has 1 aromatic carbocycles. The van der Waals surface area contributed by atoms with Gasteiger partial charge in [0.05, 0.1) is 12.8 Å². The minimum atomic E-state index is -0.0763. The average Bonchev–Trinajstić information content (AvgIpc) is 3.14. The van der Waals surface area contributed by atoms with E-state index in [0.717, 1.165) is 30.0 Å². The number of hydrogen-bond donors (Lipinski definition) is 1. The molecule has 170 valence electrons. The monoisotopic (exact) mass is 436 g/mol. The molecule has 0 bridgehead atoms. The lowest BCUT2D eigenvalue weighted by Crippen LogP contribution is -2.40. The summed E-state index contributed by atoms with van der Waals surface area (Å²) in [6, 6.07) is 13.4. The fraction of sp³-hybridized carbons (Fsp3) is 0.440. The van der Waals surface area contributed by atoms with Gasteiger partial charge in [-0.3, -0.25) is 9.20 Å². The zero-order chi connectivity index (χ0) is 22.7. The number of piperidine rings is 1. The molecule has 2 aromatic heterocycles. The Labute approximate surface area is 189 Å². The van der Waals surface area contributed by atoms with Crippen molar-refractivity contribution >= 4 is 17.4 Å². The highest BCUT2D eigenvalue weighted by Crippen LogP contribution is 2.34. The van der Waals surface area contributed by atoms with Gasteiger partial charge in [-0.2, -0.15) is 0 Å². The summed E-state index contributed by atoms with van der Waals surface area (Å²) in [7, 11) is 1.59. The number of amides is 1. The number of ether oxygens (including phenoxy) is 2. The normalized spacial score (nSPS) is 15.1. The van der Waals surface area contributed by atoms with Crippen molar-refractivity contribution in [3.05, 3.63) is 54.4 Å². The van der Waals surface area contributed by atoms with Crippen LogP contribution in [-0.4, -0.2) is 52.5 Å².